The molecule has 0 radical (unpaired) electrons. The van der Waals surface area contributed by atoms with E-state index in [0.29, 0.717) is 27.2 Å². The van der Waals surface area contributed by atoms with Crippen LogP contribution in [-0.4, -0.2) is 24.3 Å². The van der Waals surface area contributed by atoms with Crippen LogP contribution >= 0.6 is 11.3 Å². The van der Waals surface area contributed by atoms with Crippen LogP contribution in [-0.2, 0) is 14.9 Å². The van der Waals surface area contributed by atoms with Crippen LogP contribution in [0.4, 0.5) is 0 Å². The van der Waals surface area contributed by atoms with Gasteiger partial charge >= 0.3 is 5.97 Å². The second-order valence-electron chi connectivity index (χ2n) is 9.45. The van der Waals surface area contributed by atoms with Gasteiger partial charge in [-0.2, -0.15) is 0 Å². The number of carbonyl (C=O) groups excluding carboxylic acids is 1. The lowest BCUT2D eigenvalue weighted by molar-refractivity contribution is -0.136. The molecule has 1 aromatic heterocycles. The number of hydrogen-bond donors (Lipinski definition) is 0. The summed E-state index contributed by atoms with van der Waals surface area (Å²) in [5, 5.41) is 0. The van der Waals surface area contributed by atoms with Crippen molar-refractivity contribution in [2.45, 2.75) is 46.1 Å². The fourth-order valence-corrected chi connectivity index (χ4v) is 5.20. The van der Waals surface area contributed by atoms with E-state index in [-0.39, 0.29) is 11.0 Å². The fraction of sp³-hybridized carbons (Fsp3) is 0.321. The largest absolute Gasteiger partial charge is 0.494 e. The van der Waals surface area contributed by atoms with Crippen molar-refractivity contribution >= 4 is 23.4 Å². The molecule has 4 rings (SSSR count). The van der Waals surface area contributed by atoms with Gasteiger partial charge in [0.1, 0.15) is 5.75 Å². The van der Waals surface area contributed by atoms with Crippen molar-refractivity contribution in [3.63, 3.8) is 0 Å². The summed E-state index contributed by atoms with van der Waals surface area (Å²) in [6, 6.07) is 15.0. The van der Waals surface area contributed by atoms with E-state index in [4.69, 9.17) is 9.47 Å². The van der Waals surface area contributed by atoms with Crippen molar-refractivity contribution in [3.05, 3.63) is 96.2 Å². The Morgan fingerprint density at radius 2 is 1.77 bits per heavy atom. The van der Waals surface area contributed by atoms with Gasteiger partial charge in [-0.15, -0.1) is 0 Å². The second kappa shape index (κ2) is 9.66. The molecule has 0 saturated carbocycles. The van der Waals surface area contributed by atoms with E-state index in [9.17, 15) is 9.59 Å². The van der Waals surface area contributed by atoms with Crippen molar-refractivity contribution in [2.24, 2.45) is 4.99 Å². The van der Waals surface area contributed by atoms with E-state index in [1.54, 1.807) is 11.5 Å². The van der Waals surface area contributed by atoms with Gasteiger partial charge in [0.25, 0.3) is 5.56 Å². The first-order chi connectivity index (χ1) is 16.6. The van der Waals surface area contributed by atoms with E-state index >= 15 is 0 Å². The minimum absolute atomic E-state index is 0.0123. The number of hydrogen-bond acceptors (Lipinski definition) is 6. The molecule has 0 aliphatic carbocycles. The lowest BCUT2D eigenvalue weighted by Gasteiger charge is -2.25. The molecule has 2 heterocycles. The summed E-state index contributed by atoms with van der Waals surface area (Å²) >= 11 is 1.31. The predicted molar refractivity (Wildman–Crippen MR) is 139 cm³/mol. The molecular formula is C28H30N2O4S. The Labute approximate surface area is 208 Å². The maximum absolute atomic E-state index is 13.6. The average Bonchev–Trinajstić information content (AvgIpc) is 3.13. The van der Waals surface area contributed by atoms with E-state index < -0.39 is 12.0 Å². The molecule has 0 fully saturated rings. The van der Waals surface area contributed by atoms with Crippen molar-refractivity contribution in [1.82, 2.24) is 4.57 Å². The molecule has 1 atom stereocenters. The van der Waals surface area contributed by atoms with E-state index in [1.165, 1.54) is 24.0 Å². The van der Waals surface area contributed by atoms with Gasteiger partial charge in [0.2, 0.25) is 0 Å². The Morgan fingerprint density at radius 3 is 2.34 bits per heavy atom. The fourth-order valence-electron chi connectivity index (χ4n) is 4.15. The molecule has 7 heteroatoms. The highest BCUT2D eigenvalue weighted by Gasteiger charge is 2.33. The summed E-state index contributed by atoms with van der Waals surface area (Å²) in [4.78, 5) is 31.6. The van der Waals surface area contributed by atoms with Crippen LogP contribution in [0.25, 0.3) is 6.08 Å². The molecule has 3 aromatic rings. The molecular weight excluding hydrogens is 460 g/mol. The highest BCUT2D eigenvalue weighted by atomic mass is 32.1. The molecule has 0 saturated heterocycles. The zero-order chi connectivity index (χ0) is 25.3. The monoisotopic (exact) mass is 490 g/mol. The van der Waals surface area contributed by atoms with Crippen LogP contribution in [0.1, 0.15) is 57.4 Å². The smallest absolute Gasteiger partial charge is 0.338 e. The minimum Gasteiger partial charge on any atom is -0.494 e. The second-order valence-corrected chi connectivity index (χ2v) is 10.5. The van der Waals surface area contributed by atoms with Crippen molar-refractivity contribution in [1.29, 1.82) is 0 Å². The van der Waals surface area contributed by atoms with Gasteiger partial charge in [-0.25, -0.2) is 9.79 Å². The Balaban J connectivity index is 1.87. The van der Waals surface area contributed by atoms with Gasteiger partial charge in [-0.1, -0.05) is 68.5 Å². The van der Waals surface area contributed by atoms with Crippen LogP contribution in [0, 0.1) is 0 Å². The topological polar surface area (TPSA) is 69.9 Å². The predicted octanol–water partition coefficient (Wildman–Crippen LogP) is 4.10. The van der Waals surface area contributed by atoms with Crippen LogP contribution in [0.2, 0.25) is 0 Å². The van der Waals surface area contributed by atoms with Crippen molar-refractivity contribution < 1.29 is 14.3 Å². The van der Waals surface area contributed by atoms with Gasteiger partial charge < -0.3 is 9.47 Å². The number of ether oxygens (including phenoxy) is 2. The first kappa shape index (κ1) is 24.7. The molecule has 1 aliphatic rings. The maximum atomic E-state index is 13.6. The summed E-state index contributed by atoms with van der Waals surface area (Å²) in [7, 11) is 1.35. The molecule has 2 aromatic carbocycles. The number of carbonyl (C=O) groups is 1. The third kappa shape index (κ3) is 4.86. The third-order valence-corrected chi connectivity index (χ3v) is 6.99. The zero-order valence-corrected chi connectivity index (χ0v) is 21.7. The summed E-state index contributed by atoms with van der Waals surface area (Å²) in [6.07, 6.45) is 1.84. The van der Waals surface area contributed by atoms with Gasteiger partial charge in [0, 0.05) is 0 Å². The molecule has 35 heavy (non-hydrogen) atoms. The summed E-state index contributed by atoms with van der Waals surface area (Å²) in [6.45, 7) is 10.8. The summed E-state index contributed by atoms with van der Waals surface area (Å²) in [5.74, 6) is 0.292. The number of esters is 1. The molecule has 0 bridgehead atoms. The zero-order valence-electron chi connectivity index (χ0n) is 20.9. The van der Waals surface area contributed by atoms with E-state index in [2.05, 4.69) is 37.9 Å². The number of benzene rings is 2. The summed E-state index contributed by atoms with van der Waals surface area (Å²) in [5.41, 5.74) is 3.61. The molecule has 1 unspecified atom stereocenters. The highest BCUT2D eigenvalue weighted by molar-refractivity contribution is 7.07. The third-order valence-electron chi connectivity index (χ3n) is 6.01. The number of aromatic nitrogens is 1. The van der Waals surface area contributed by atoms with Crippen LogP contribution in [0.5, 0.6) is 5.75 Å². The molecule has 1 aliphatic heterocycles. The lowest BCUT2D eigenvalue weighted by atomic mass is 9.85. The van der Waals surface area contributed by atoms with Crippen molar-refractivity contribution in [3.8, 4) is 5.75 Å². The SMILES string of the molecule is CCOc1ccc(C=c2sc3n(c2=O)C(c2ccc(C(C)(C)C)cc2)C(C(=O)OC)=C(C)N=3)cc1. The highest BCUT2D eigenvalue weighted by Crippen LogP contribution is 2.32. The number of allylic oxidation sites excluding steroid dienone is 1. The standard InChI is InChI=1S/C28H30N2O4S/c1-7-34-21-14-8-18(9-15-21)16-22-25(31)30-24(19-10-12-20(13-11-19)28(3,4)5)23(26(32)33-6)17(2)29-27(30)35-22/h8-16,24H,7H2,1-6H3. The van der Waals surface area contributed by atoms with Crippen molar-refractivity contribution in [2.75, 3.05) is 13.7 Å². The number of methoxy groups -OCH3 is 1. The first-order valence-corrected chi connectivity index (χ1v) is 12.4. The van der Waals surface area contributed by atoms with Gasteiger partial charge in [-0.05, 0) is 54.2 Å². The Kier molecular flexibility index (Phi) is 6.81. The summed E-state index contributed by atoms with van der Waals surface area (Å²) < 4.78 is 12.8. The van der Waals surface area contributed by atoms with E-state index in [0.717, 1.165) is 16.9 Å². The van der Waals surface area contributed by atoms with Gasteiger partial charge in [-0.3, -0.25) is 9.36 Å². The average molecular weight is 491 g/mol. The van der Waals surface area contributed by atoms with Crippen LogP contribution in [0.15, 0.2) is 69.6 Å². The minimum atomic E-state index is -0.616. The normalized spacial score (nSPS) is 16.1. The number of rotatable bonds is 5. The number of nitrogens with zero attached hydrogens (tertiary/aromatic N) is 2. The molecule has 0 spiro atoms. The number of fused-ring (bicyclic) bond motifs is 1. The van der Waals surface area contributed by atoms with Crippen LogP contribution < -0.4 is 19.6 Å². The first-order valence-electron chi connectivity index (χ1n) is 11.6. The molecule has 6 nitrogen and oxygen atoms in total. The van der Waals surface area contributed by atoms with E-state index in [1.807, 2.05) is 49.4 Å². The van der Waals surface area contributed by atoms with Gasteiger partial charge in [0.15, 0.2) is 4.80 Å². The quantitative estimate of drug-likeness (QED) is 0.505. The van der Waals surface area contributed by atoms with Crippen LogP contribution in [0.3, 0.4) is 0 Å². The Bertz CT molecular complexity index is 1450. The Morgan fingerprint density at radius 1 is 1.11 bits per heavy atom. The Hall–Kier alpha value is -3.45. The van der Waals surface area contributed by atoms with Gasteiger partial charge in [0.05, 0.1) is 35.6 Å². The number of thiazole rings is 1. The molecule has 182 valence electrons. The molecule has 0 amide bonds. The lowest BCUT2D eigenvalue weighted by Crippen LogP contribution is -2.39. The maximum Gasteiger partial charge on any atom is 0.338 e. The molecule has 0 N–H and O–H groups in total.